The lowest BCUT2D eigenvalue weighted by Gasteiger charge is -2.24. The number of rotatable bonds is 2. The first-order valence-electron chi connectivity index (χ1n) is 5.89. The molecule has 0 aliphatic carbocycles. The number of benzene rings is 1. The highest BCUT2D eigenvalue weighted by Crippen LogP contribution is 2.36. The number of aliphatic hydroxyl groups excluding tert-OH is 1. The highest BCUT2D eigenvalue weighted by molar-refractivity contribution is 5.58. The molecule has 2 rings (SSSR count). The van der Waals surface area contributed by atoms with Crippen molar-refractivity contribution in [2.24, 2.45) is 5.41 Å². The van der Waals surface area contributed by atoms with E-state index in [0.29, 0.717) is 0 Å². The molecule has 0 fully saturated rings. The molecule has 1 aromatic carbocycles. The van der Waals surface area contributed by atoms with E-state index < -0.39 is 11.5 Å². The van der Waals surface area contributed by atoms with E-state index in [4.69, 9.17) is 5.26 Å². The molecule has 0 saturated heterocycles. The lowest BCUT2D eigenvalue weighted by molar-refractivity contribution is 0.0867. The predicted molar refractivity (Wildman–Crippen MR) is 67.8 cm³/mol. The molecule has 3 nitrogen and oxygen atoms in total. The summed E-state index contributed by atoms with van der Waals surface area (Å²) in [6.07, 6.45) is 0.281. The van der Waals surface area contributed by atoms with Crippen molar-refractivity contribution in [1.29, 1.82) is 5.26 Å². The standard InChI is InChI=1S/C14H18N2O/c1-14(2,9-15)13(17)11-4-5-12-10(8-11)6-7-16(12)3/h4-5,8,13,17H,6-7H2,1-3H3. The van der Waals surface area contributed by atoms with Crippen LogP contribution in [0.2, 0.25) is 0 Å². The third-order valence-electron chi connectivity index (χ3n) is 3.52. The Bertz CT molecular complexity index is 474. The van der Waals surface area contributed by atoms with Gasteiger partial charge in [-0.1, -0.05) is 12.1 Å². The van der Waals surface area contributed by atoms with E-state index in [9.17, 15) is 5.11 Å². The number of hydrogen-bond acceptors (Lipinski definition) is 3. The minimum atomic E-state index is -0.751. The quantitative estimate of drug-likeness (QED) is 0.847. The topological polar surface area (TPSA) is 47.3 Å². The van der Waals surface area contributed by atoms with E-state index in [0.717, 1.165) is 18.5 Å². The molecule has 90 valence electrons. The molecule has 1 N–H and O–H groups in total. The maximum absolute atomic E-state index is 10.2. The molecule has 1 heterocycles. The fourth-order valence-corrected chi connectivity index (χ4v) is 2.23. The minimum Gasteiger partial charge on any atom is -0.387 e. The second kappa shape index (κ2) is 4.05. The lowest BCUT2D eigenvalue weighted by Crippen LogP contribution is -2.20. The van der Waals surface area contributed by atoms with Crippen molar-refractivity contribution in [1.82, 2.24) is 0 Å². The maximum Gasteiger partial charge on any atom is 0.0970 e. The molecule has 1 aromatic rings. The van der Waals surface area contributed by atoms with Gasteiger partial charge in [0.15, 0.2) is 0 Å². The third kappa shape index (κ3) is 2.01. The zero-order chi connectivity index (χ0) is 12.6. The molecule has 1 aliphatic rings. The molecule has 0 amide bonds. The van der Waals surface area contributed by atoms with Crippen LogP contribution in [0, 0.1) is 16.7 Å². The Hall–Kier alpha value is -1.53. The van der Waals surface area contributed by atoms with Gasteiger partial charge in [0.05, 0.1) is 17.6 Å². The van der Waals surface area contributed by atoms with E-state index in [1.54, 1.807) is 13.8 Å². The Morgan fingerprint density at radius 3 is 2.82 bits per heavy atom. The van der Waals surface area contributed by atoms with E-state index in [1.165, 1.54) is 11.3 Å². The van der Waals surface area contributed by atoms with Crippen LogP contribution in [0.4, 0.5) is 5.69 Å². The summed E-state index contributed by atoms with van der Waals surface area (Å²) in [5.74, 6) is 0. The molecule has 0 spiro atoms. The van der Waals surface area contributed by atoms with Gasteiger partial charge >= 0.3 is 0 Å². The number of anilines is 1. The Kier molecular flexibility index (Phi) is 2.84. The summed E-state index contributed by atoms with van der Waals surface area (Å²) in [5.41, 5.74) is 2.58. The van der Waals surface area contributed by atoms with Crippen molar-refractivity contribution in [3.05, 3.63) is 29.3 Å². The number of nitrogens with zero attached hydrogens (tertiary/aromatic N) is 2. The van der Waals surface area contributed by atoms with E-state index in [1.807, 2.05) is 18.2 Å². The van der Waals surface area contributed by atoms with Gasteiger partial charge < -0.3 is 10.0 Å². The Balaban J connectivity index is 2.34. The molecule has 0 bridgehead atoms. The monoisotopic (exact) mass is 230 g/mol. The van der Waals surface area contributed by atoms with Gasteiger partial charge in [-0.05, 0) is 37.5 Å². The number of likely N-dealkylation sites (N-methyl/N-ethyl adjacent to an activating group) is 1. The largest absolute Gasteiger partial charge is 0.387 e. The van der Waals surface area contributed by atoms with Gasteiger partial charge in [-0.15, -0.1) is 0 Å². The van der Waals surface area contributed by atoms with Crippen LogP contribution in [-0.2, 0) is 6.42 Å². The van der Waals surface area contributed by atoms with Crippen LogP contribution in [0.25, 0.3) is 0 Å². The van der Waals surface area contributed by atoms with Crippen LogP contribution in [0.5, 0.6) is 0 Å². The van der Waals surface area contributed by atoms with Crippen molar-refractivity contribution in [3.63, 3.8) is 0 Å². The molecule has 1 atom stereocenters. The van der Waals surface area contributed by atoms with Gasteiger partial charge in [0.1, 0.15) is 0 Å². The predicted octanol–water partition coefficient (Wildman–Crippen LogP) is 2.26. The SMILES string of the molecule is CN1CCc2cc(C(O)C(C)(C)C#N)ccc21. The van der Waals surface area contributed by atoms with Crippen molar-refractivity contribution in [2.45, 2.75) is 26.4 Å². The van der Waals surface area contributed by atoms with Crippen LogP contribution in [0.3, 0.4) is 0 Å². The minimum absolute atomic E-state index is 0.733. The zero-order valence-electron chi connectivity index (χ0n) is 10.6. The van der Waals surface area contributed by atoms with Crippen LogP contribution in [0.1, 0.15) is 31.1 Å². The van der Waals surface area contributed by atoms with Crippen molar-refractivity contribution >= 4 is 5.69 Å². The van der Waals surface area contributed by atoms with Crippen LogP contribution in [0.15, 0.2) is 18.2 Å². The van der Waals surface area contributed by atoms with Crippen molar-refractivity contribution in [2.75, 3.05) is 18.5 Å². The average Bonchev–Trinajstić information content (AvgIpc) is 2.69. The molecule has 0 radical (unpaired) electrons. The summed E-state index contributed by atoms with van der Waals surface area (Å²) in [7, 11) is 2.07. The molecular formula is C14H18N2O. The average molecular weight is 230 g/mol. The highest BCUT2D eigenvalue weighted by Gasteiger charge is 2.30. The maximum atomic E-state index is 10.2. The third-order valence-corrected chi connectivity index (χ3v) is 3.52. The summed E-state index contributed by atoms with van der Waals surface area (Å²) in [5, 5.41) is 19.3. The first-order valence-corrected chi connectivity index (χ1v) is 5.89. The Morgan fingerprint density at radius 1 is 1.47 bits per heavy atom. The van der Waals surface area contributed by atoms with E-state index in [2.05, 4.69) is 18.0 Å². The van der Waals surface area contributed by atoms with E-state index >= 15 is 0 Å². The molecule has 17 heavy (non-hydrogen) atoms. The second-order valence-corrected chi connectivity index (χ2v) is 5.30. The molecule has 1 aliphatic heterocycles. The summed E-state index contributed by atoms with van der Waals surface area (Å²) in [4.78, 5) is 2.21. The second-order valence-electron chi connectivity index (χ2n) is 5.30. The fourth-order valence-electron chi connectivity index (χ4n) is 2.23. The molecular weight excluding hydrogens is 212 g/mol. The summed E-state index contributed by atoms with van der Waals surface area (Å²) < 4.78 is 0. The summed E-state index contributed by atoms with van der Waals surface area (Å²) >= 11 is 0. The molecule has 0 aromatic heterocycles. The van der Waals surface area contributed by atoms with Gasteiger partial charge in [-0.3, -0.25) is 0 Å². The number of nitriles is 1. The van der Waals surface area contributed by atoms with Crippen LogP contribution < -0.4 is 4.90 Å². The normalized spacial score (nSPS) is 16.5. The summed E-state index contributed by atoms with van der Waals surface area (Å²) in [6, 6.07) is 8.14. The van der Waals surface area contributed by atoms with Gasteiger partial charge in [0.25, 0.3) is 0 Å². The number of hydrogen-bond donors (Lipinski definition) is 1. The Labute approximate surface area is 102 Å². The first kappa shape index (κ1) is 11.9. The smallest absolute Gasteiger partial charge is 0.0970 e. The van der Waals surface area contributed by atoms with E-state index in [-0.39, 0.29) is 0 Å². The Morgan fingerprint density at radius 2 is 2.18 bits per heavy atom. The van der Waals surface area contributed by atoms with Gasteiger partial charge in [0, 0.05) is 19.3 Å². The highest BCUT2D eigenvalue weighted by atomic mass is 16.3. The molecule has 1 unspecified atom stereocenters. The van der Waals surface area contributed by atoms with Crippen molar-refractivity contribution < 1.29 is 5.11 Å². The zero-order valence-corrected chi connectivity index (χ0v) is 10.6. The van der Waals surface area contributed by atoms with Crippen LogP contribution in [-0.4, -0.2) is 18.7 Å². The summed E-state index contributed by atoms with van der Waals surface area (Å²) in [6.45, 7) is 4.55. The lowest BCUT2D eigenvalue weighted by atomic mass is 9.83. The van der Waals surface area contributed by atoms with Gasteiger partial charge in [0.2, 0.25) is 0 Å². The molecule has 3 heteroatoms. The first-order chi connectivity index (χ1) is 7.95. The number of fused-ring (bicyclic) bond motifs is 1. The number of aliphatic hydroxyl groups is 1. The molecule has 0 saturated carbocycles. The van der Waals surface area contributed by atoms with Gasteiger partial charge in [-0.2, -0.15) is 5.26 Å². The van der Waals surface area contributed by atoms with Gasteiger partial charge in [-0.25, -0.2) is 0 Å². The fraction of sp³-hybridized carbons (Fsp3) is 0.500. The van der Waals surface area contributed by atoms with Crippen molar-refractivity contribution in [3.8, 4) is 6.07 Å². The van der Waals surface area contributed by atoms with Crippen LogP contribution >= 0.6 is 0 Å².